The second kappa shape index (κ2) is 3.97. The summed E-state index contributed by atoms with van der Waals surface area (Å²) in [6, 6.07) is 0.126. The number of carbonyl (C=O) groups is 1. The third kappa shape index (κ3) is 3.12. The zero-order valence-corrected chi connectivity index (χ0v) is 7.36. The van der Waals surface area contributed by atoms with Crippen LogP contribution in [-0.2, 0) is 4.79 Å². The van der Waals surface area contributed by atoms with E-state index in [9.17, 15) is 4.79 Å². The van der Waals surface area contributed by atoms with Gasteiger partial charge in [0.05, 0.1) is 0 Å². The van der Waals surface area contributed by atoms with Crippen LogP contribution in [0.5, 0.6) is 0 Å². The lowest BCUT2D eigenvalue weighted by molar-refractivity contribution is -0.138. The van der Waals surface area contributed by atoms with Crippen LogP contribution in [0.15, 0.2) is 0 Å². The van der Waals surface area contributed by atoms with Gasteiger partial charge in [0.25, 0.3) is 0 Å². The molecule has 3 nitrogen and oxygen atoms in total. The maximum Gasteiger partial charge on any atom is 0.321 e. The molecule has 1 saturated carbocycles. The van der Waals surface area contributed by atoms with Crippen LogP contribution in [0.4, 0.5) is 0 Å². The number of nitrogens with one attached hydrogen (secondary N) is 1. The summed E-state index contributed by atoms with van der Waals surface area (Å²) >= 11 is 1.56. The summed E-state index contributed by atoms with van der Waals surface area (Å²) in [6.45, 7) is 0. The van der Waals surface area contributed by atoms with Crippen LogP contribution in [-0.4, -0.2) is 35.2 Å². The Balaban J connectivity index is 2.24. The second-order valence-corrected chi connectivity index (χ2v) is 3.70. The van der Waals surface area contributed by atoms with Gasteiger partial charge in [0, 0.05) is 11.8 Å². The molecule has 0 aromatic carbocycles. The van der Waals surface area contributed by atoms with Gasteiger partial charge in [0.1, 0.15) is 6.04 Å². The van der Waals surface area contributed by atoms with Crippen molar-refractivity contribution in [2.45, 2.75) is 24.9 Å². The zero-order valence-electron chi connectivity index (χ0n) is 6.54. The van der Waals surface area contributed by atoms with Crippen LogP contribution in [0.2, 0.25) is 0 Å². The lowest BCUT2D eigenvalue weighted by Gasteiger charge is -2.11. The van der Waals surface area contributed by atoms with E-state index in [4.69, 9.17) is 5.11 Å². The molecule has 0 radical (unpaired) electrons. The highest BCUT2D eigenvalue weighted by Gasteiger charge is 2.27. The quantitative estimate of drug-likeness (QED) is 0.641. The highest BCUT2D eigenvalue weighted by atomic mass is 32.2. The Morgan fingerprint density at radius 3 is 2.82 bits per heavy atom. The molecule has 4 heteroatoms. The fourth-order valence-corrected chi connectivity index (χ4v) is 1.46. The lowest BCUT2D eigenvalue weighted by Crippen LogP contribution is -2.39. The highest BCUT2D eigenvalue weighted by Crippen LogP contribution is 2.19. The number of aliphatic carboxylic acids is 1. The van der Waals surface area contributed by atoms with Gasteiger partial charge in [-0.3, -0.25) is 4.79 Å². The van der Waals surface area contributed by atoms with Crippen molar-refractivity contribution in [3.05, 3.63) is 0 Å². The van der Waals surface area contributed by atoms with Crippen LogP contribution in [0.3, 0.4) is 0 Å². The van der Waals surface area contributed by atoms with Crippen LogP contribution in [0.25, 0.3) is 0 Å². The molecule has 0 spiro atoms. The minimum atomic E-state index is -0.730. The number of carboxylic acid groups (broad SMARTS) is 1. The van der Waals surface area contributed by atoms with Gasteiger partial charge in [-0.15, -0.1) is 0 Å². The van der Waals surface area contributed by atoms with Gasteiger partial charge in [-0.05, 0) is 19.1 Å². The predicted octanol–water partition coefficient (Wildman–Crippen LogP) is 0.555. The summed E-state index contributed by atoms with van der Waals surface area (Å²) in [5, 5.41) is 11.8. The average Bonchev–Trinajstić information content (AvgIpc) is 2.70. The average molecular weight is 175 g/mol. The fraction of sp³-hybridized carbons (Fsp3) is 0.857. The third-order valence-corrected chi connectivity index (χ3v) is 2.31. The van der Waals surface area contributed by atoms with Gasteiger partial charge in [-0.25, -0.2) is 0 Å². The Labute approximate surface area is 70.6 Å². The molecule has 0 amide bonds. The molecular weight excluding hydrogens is 162 g/mol. The van der Waals surface area contributed by atoms with E-state index in [1.807, 2.05) is 6.26 Å². The van der Waals surface area contributed by atoms with Gasteiger partial charge in [0.15, 0.2) is 0 Å². The molecule has 1 aliphatic rings. The molecule has 0 saturated heterocycles. The number of hydrogen-bond acceptors (Lipinski definition) is 3. The smallest absolute Gasteiger partial charge is 0.321 e. The molecule has 1 atom stereocenters. The first kappa shape index (κ1) is 8.87. The Morgan fingerprint density at radius 1 is 1.82 bits per heavy atom. The van der Waals surface area contributed by atoms with E-state index in [0.29, 0.717) is 11.8 Å². The minimum Gasteiger partial charge on any atom is -0.480 e. The molecule has 1 fully saturated rings. The molecular formula is C7H13NO2S. The summed E-state index contributed by atoms with van der Waals surface area (Å²) in [4.78, 5) is 10.6. The van der Waals surface area contributed by atoms with Crippen molar-refractivity contribution in [3.63, 3.8) is 0 Å². The summed E-state index contributed by atoms with van der Waals surface area (Å²) in [7, 11) is 0. The van der Waals surface area contributed by atoms with Crippen molar-refractivity contribution in [1.29, 1.82) is 0 Å². The Kier molecular flexibility index (Phi) is 3.20. The first-order valence-corrected chi connectivity index (χ1v) is 5.11. The Hall–Kier alpha value is -0.220. The molecule has 0 aliphatic heterocycles. The zero-order chi connectivity index (χ0) is 8.27. The molecule has 0 bridgehead atoms. The Morgan fingerprint density at radius 2 is 2.45 bits per heavy atom. The van der Waals surface area contributed by atoms with Gasteiger partial charge in [0.2, 0.25) is 0 Å². The second-order valence-electron chi connectivity index (χ2n) is 2.79. The molecule has 11 heavy (non-hydrogen) atoms. The van der Waals surface area contributed by atoms with E-state index < -0.39 is 5.97 Å². The molecule has 1 aliphatic carbocycles. The van der Waals surface area contributed by atoms with Crippen LogP contribution in [0.1, 0.15) is 12.8 Å². The normalized spacial score (nSPS) is 19.7. The van der Waals surface area contributed by atoms with Crippen molar-refractivity contribution < 1.29 is 9.90 Å². The largest absolute Gasteiger partial charge is 0.480 e. The predicted molar refractivity (Wildman–Crippen MR) is 46.0 cm³/mol. The van der Waals surface area contributed by atoms with Crippen molar-refractivity contribution in [1.82, 2.24) is 5.32 Å². The molecule has 0 heterocycles. The topological polar surface area (TPSA) is 49.3 Å². The van der Waals surface area contributed by atoms with Gasteiger partial charge < -0.3 is 10.4 Å². The van der Waals surface area contributed by atoms with Crippen LogP contribution >= 0.6 is 11.8 Å². The molecule has 64 valence electrons. The van der Waals surface area contributed by atoms with Crippen molar-refractivity contribution in [3.8, 4) is 0 Å². The van der Waals surface area contributed by atoms with Crippen molar-refractivity contribution >= 4 is 17.7 Å². The first-order chi connectivity index (χ1) is 5.24. The fourth-order valence-electron chi connectivity index (χ4n) is 0.892. The van der Waals surface area contributed by atoms with Gasteiger partial charge >= 0.3 is 5.97 Å². The van der Waals surface area contributed by atoms with Crippen molar-refractivity contribution in [2.75, 3.05) is 12.0 Å². The van der Waals surface area contributed by atoms with E-state index in [1.165, 1.54) is 0 Å². The number of hydrogen-bond donors (Lipinski definition) is 2. The van der Waals surface area contributed by atoms with Gasteiger partial charge in [-0.2, -0.15) is 11.8 Å². The molecule has 0 aromatic rings. The highest BCUT2D eigenvalue weighted by molar-refractivity contribution is 7.98. The standard InChI is InChI=1S/C7H13NO2S/c1-11-4-6(7(9)10)8-5-2-3-5/h5-6,8H,2-4H2,1H3,(H,9,10). The number of thioether (sulfide) groups is 1. The van der Waals surface area contributed by atoms with E-state index in [0.717, 1.165) is 12.8 Å². The third-order valence-electron chi connectivity index (χ3n) is 1.65. The monoisotopic (exact) mass is 175 g/mol. The molecule has 1 rings (SSSR count). The number of rotatable bonds is 5. The maximum absolute atomic E-state index is 10.6. The first-order valence-electron chi connectivity index (χ1n) is 3.72. The van der Waals surface area contributed by atoms with Crippen molar-refractivity contribution in [2.24, 2.45) is 0 Å². The van der Waals surface area contributed by atoms with E-state index in [1.54, 1.807) is 11.8 Å². The van der Waals surface area contributed by atoms with E-state index in [2.05, 4.69) is 5.32 Å². The number of carboxylic acids is 1. The molecule has 2 N–H and O–H groups in total. The summed E-state index contributed by atoms with van der Waals surface area (Å²) in [5.41, 5.74) is 0. The van der Waals surface area contributed by atoms with E-state index in [-0.39, 0.29) is 6.04 Å². The maximum atomic E-state index is 10.6. The lowest BCUT2D eigenvalue weighted by atomic mass is 10.3. The molecule has 0 aromatic heterocycles. The Bertz CT molecular complexity index is 147. The van der Waals surface area contributed by atoms with E-state index >= 15 is 0 Å². The van der Waals surface area contributed by atoms with Crippen LogP contribution < -0.4 is 5.32 Å². The summed E-state index contributed by atoms with van der Waals surface area (Å²) in [6.07, 6.45) is 4.20. The minimum absolute atomic E-state index is 0.350. The SMILES string of the molecule is CSCC(NC1CC1)C(=O)O. The summed E-state index contributed by atoms with van der Waals surface area (Å²) < 4.78 is 0. The molecule has 1 unspecified atom stereocenters. The van der Waals surface area contributed by atoms with Crippen LogP contribution in [0, 0.1) is 0 Å². The summed E-state index contributed by atoms with van der Waals surface area (Å²) in [5.74, 6) is -0.0718. The van der Waals surface area contributed by atoms with Gasteiger partial charge in [-0.1, -0.05) is 0 Å².